The van der Waals surface area contributed by atoms with Crippen molar-refractivity contribution in [1.29, 1.82) is 5.26 Å². The summed E-state index contributed by atoms with van der Waals surface area (Å²) in [7, 11) is 1.02. The number of pyridine rings is 1. The van der Waals surface area contributed by atoms with Crippen LogP contribution in [0.15, 0.2) is 6.07 Å². The molecule has 0 aromatic carbocycles. The molecule has 0 radical (unpaired) electrons. The van der Waals surface area contributed by atoms with E-state index in [-0.39, 0.29) is 0 Å². The standard InChI is InChI=1S/C9H6F3N3O3/c1-17-8(16)5-2-6(18-9(10,11)12)4(3-13)7(14)15-5/h2H,1H3,(H2,14,15). The predicted molar refractivity (Wildman–Crippen MR) is 51.4 cm³/mol. The summed E-state index contributed by atoms with van der Waals surface area (Å²) in [6.45, 7) is 0. The number of esters is 1. The van der Waals surface area contributed by atoms with Gasteiger partial charge in [0.05, 0.1) is 7.11 Å². The number of hydrogen-bond donors (Lipinski definition) is 1. The van der Waals surface area contributed by atoms with E-state index in [9.17, 15) is 18.0 Å². The lowest BCUT2D eigenvalue weighted by Crippen LogP contribution is -2.19. The van der Waals surface area contributed by atoms with E-state index in [1.165, 1.54) is 6.07 Å². The molecule has 0 unspecified atom stereocenters. The van der Waals surface area contributed by atoms with Crippen LogP contribution in [0.3, 0.4) is 0 Å². The van der Waals surface area contributed by atoms with Crippen molar-refractivity contribution in [3.8, 4) is 11.8 Å². The van der Waals surface area contributed by atoms with Gasteiger partial charge in [0.15, 0.2) is 11.4 Å². The monoisotopic (exact) mass is 261 g/mol. The first-order chi connectivity index (χ1) is 8.28. The molecular weight excluding hydrogens is 255 g/mol. The number of alkyl halides is 3. The fraction of sp³-hybridized carbons (Fsp3) is 0.222. The van der Waals surface area contributed by atoms with Crippen LogP contribution in [0.5, 0.6) is 5.75 Å². The molecular formula is C9H6F3N3O3. The minimum absolute atomic E-state index is 0.492. The quantitative estimate of drug-likeness (QED) is 0.803. The van der Waals surface area contributed by atoms with E-state index in [4.69, 9.17) is 11.0 Å². The van der Waals surface area contributed by atoms with Crippen LogP contribution in [0, 0.1) is 11.3 Å². The lowest BCUT2D eigenvalue weighted by Gasteiger charge is -2.12. The Morgan fingerprint density at radius 2 is 2.17 bits per heavy atom. The highest BCUT2D eigenvalue weighted by Gasteiger charge is 2.33. The number of carbonyl (C=O) groups is 1. The second-order valence-electron chi connectivity index (χ2n) is 2.92. The van der Waals surface area contributed by atoms with E-state index >= 15 is 0 Å². The summed E-state index contributed by atoms with van der Waals surface area (Å²) in [6, 6.07) is 2.04. The number of methoxy groups -OCH3 is 1. The van der Waals surface area contributed by atoms with Gasteiger partial charge in [-0.2, -0.15) is 5.26 Å². The van der Waals surface area contributed by atoms with Gasteiger partial charge >= 0.3 is 12.3 Å². The number of nitrogen functional groups attached to an aromatic ring is 1. The SMILES string of the molecule is COC(=O)c1cc(OC(F)(F)F)c(C#N)c(N)n1. The Bertz CT molecular complexity index is 522. The van der Waals surface area contributed by atoms with Gasteiger partial charge in [-0.05, 0) is 0 Å². The molecule has 2 N–H and O–H groups in total. The molecule has 1 aromatic heterocycles. The first-order valence-corrected chi connectivity index (χ1v) is 4.33. The zero-order chi connectivity index (χ0) is 13.9. The number of rotatable bonds is 2. The van der Waals surface area contributed by atoms with Crippen molar-refractivity contribution in [2.75, 3.05) is 12.8 Å². The normalized spacial score (nSPS) is 10.6. The maximum absolute atomic E-state index is 12.1. The number of halogens is 3. The number of nitrogens with zero attached hydrogens (tertiary/aromatic N) is 2. The van der Waals surface area contributed by atoms with Crippen LogP contribution in [-0.2, 0) is 4.74 Å². The number of nitrogens with two attached hydrogens (primary N) is 1. The maximum atomic E-state index is 12.1. The molecule has 0 bridgehead atoms. The molecule has 0 saturated carbocycles. The minimum Gasteiger partial charge on any atom is -0.464 e. The number of ether oxygens (including phenoxy) is 2. The lowest BCUT2D eigenvalue weighted by atomic mass is 10.2. The van der Waals surface area contributed by atoms with Crippen LogP contribution in [0.4, 0.5) is 19.0 Å². The second-order valence-corrected chi connectivity index (χ2v) is 2.92. The molecule has 0 aliphatic rings. The van der Waals surface area contributed by atoms with E-state index < -0.39 is 35.2 Å². The molecule has 0 spiro atoms. The Morgan fingerprint density at radius 1 is 1.56 bits per heavy atom. The van der Waals surface area contributed by atoms with Crippen molar-refractivity contribution in [3.05, 3.63) is 17.3 Å². The van der Waals surface area contributed by atoms with Crippen LogP contribution in [0.2, 0.25) is 0 Å². The van der Waals surface area contributed by atoms with Crippen molar-refractivity contribution in [2.45, 2.75) is 6.36 Å². The van der Waals surface area contributed by atoms with Crippen LogP contribution in [-0.4, -0.2) is 24.4 Å². The fourth-order valence-electron chi connectivity index (χ4n) is 1.07. The van der Waals surface area contributed by atoms with E-state index in [0.29, 0.717) is 6.07 Å². The Hall–Kier alpha value is -2.50. The Morgan fingerprint density at radius 3 is 2.61 bits per heavy atom. The summed E-state index contributed by atoms with van der Waals surface area (Å²) in [4.78, 5) is 14.6. The summed E-state index contributed by atoms with van der Waals surface area (Å²) in [5, 5.41) is 8.65. The van der Waals surface area contributed by atoms with Crippen LogP contribution in [0.1, 0.15) is 16.1 Å². The van der Waals surface area contributed by atoms with Gasteiger partial charge in [0, 0.05) is 6.07 Å². The molecule has 0 aliphatic carbocycles. The number of nitriles is 1. The Labute approximate surface area is 98.7 Å². The lowest BCUT2D eigenvalue weighted by molar-refractivity contribution is -0.274. The van der Waals surface area contributed by atoms with Crippen LogP contribution >= 0.6 is 0 Å². The summed E-state index contributed by atoms with van der Waals surface area (Å²) in [6.07, 6.45) is -5.02. The van der Waals surface area contributed by atoms with Gasteiger partial charge in [0.1, 0.15) is 17.5 Å². The minimum atomic E-state index is -5.02. The molecule has 0 saturated heterocycles. The fourth-order valence-corrected chi connectivity index (χ4v) is 1.07. The van der Waals surface area contributed by atoms with E-state index in [1.54, 1.807) is 0 Å². The highest BCUT2D eigenvalue weighted by atomic mass is 19.4. The summed E-state index contributed by atoms with van der Waals surface area (Å²) in [5.41, 5.74) is 4.15. The number of carbonyl (C=O) groups excluding carboxylic acids is 1. The largest absolute Gasteiger partial charge is 0.573 e. The summed E-state index contributed by atoms with van der Waals surface area (Å²) < 4.78 is 44.1. The highest BCUT2D eigenvalue weighted by molar-refractivity contribution is 5.88. The molecule has 1 rings (SSSR count). The smallest absolute Gasteiger partial charge is 0.464 e. The molecule has 0 fully saturated rings. The molecule has 1 heterocycles. The van der Waals surface area contributed by atoms with Crippen LogP contribution in [0.25, 0.3) is 0 Å². The molecule has 0 amide bonds. The third kappa shape index (κ3) is 3.00. The third-order valence-corrected chi connectivity index (χ3v) is 1.74. The molecule has 1 aromatic rings. The number of anilines is 1. The molecule has 0 aliphatic heterocycles. The molecule has 6 nitrogen and oxygen atoms in total. The van der Waals surface area contributed by atoms with Gasteiger partial charge in [-0.3, -0.25) is 0 Å². The van der Waals surface area contributed by atoms with Gasteiger partial charge in [0.25, 0.3) is 0 Å². The van der Waals surface area contributed by atoms with Gasteiger partial charge in [-0.1, -0.05) is 0 Å². The first kappa shape index (κ1) is 13.6. The average molecular weight is 261 g/mol. The first-order valence-electron chi connectivity index (χ1n) is 4.33. The number of aromatic nitrogens is 1. The van der Waals surface area contributed by atoms with E-state index in [0.717, 1.165) is 7.11 Å². The molecule has 96 valence electrons. The molecule has 18 heavy (non-hydrogen) atoms. The van der Waals surface area contributed by atoms with Crippen molar-refractivity contribution in [1.82, 2.24) is 4.98 Å². The second kappa shape index (κ2) is 4.79. The Kier molecular flexibility index (Phi) is 3.61. The van der Waals surface area contributed by atoms with Gasteiger partial charge in [0.2, 0.25) is 0 Å². The Balaban J connectivity index is 3.33. The number of hydrogen-bond acceptors (Lipinski definition) is 6. The molecule has 9 heteroatoms. The van der Waals surface area contributed by atoms with Crippen molar-refractivity contribution in [3.63, 3.8) is 0 Å². The molecule has 0 atom stereocenters. The zero-order valence-corrected chi connectivity index (χ0v) is 8.91. The summed E-state index contributed by atoms with van der Waals surface area (Å²) >= 11 is 0. The van der Waals surface area contributed by atoms with Crippen molar-refractivity contribution in [2.24, 2.45) is 0 Å². The highest BCUT2D eigenvalue weighted by Crippen LogP contribution is 2.29. The van der Waals surface area contributed by atoms with Gasteiger partial charge in [-0.15, -0.1) is 13.2 Å². The van der Waals surface area contributed by atoms with Gasteiger partial charge in [-0.25, -0.2) is 9.78 Å². The third-order valence-electron chi connectivity index (χ3n) is 1.74. The topological polar surface area (TPSA) is 98.2 Å². The maximum Gasteiger partial charge on any atom is 0.573 e. The van der Waals surface area contributed by atoms with E-state index in [2.05, 4.69) is 14.5 Å². The van der Waals surface area contributed by atoms with Gasteiger partial charge < -0.3 is 15.2 Å². The summed E-state index contributed by atoms with van der Waals surface area (Å²) in [5.74, 6) is -2.46. The van der Waals surface area contributed by atoms with Crippen LogP contribution < -0.4 is 10.5 Å². The van der Waals surface area contributed by atoms with Crippen molar-refractivity contribution < 1.29 is 27.4 Å². The predicted octanol–water partition coefficient (Wildman–Crippen LogP) is 1.22. The zero-order valence-electron chi connectivity index (χ0n) is 8.91. The average Bonchev–Trinajstić information content (AvgIpc) is 2.25. The van der Waals surface area contributed by atoms with Crippen molar-refractivity contribution >= 4 is 11.8 Å². The van der Waals surface area contributed by atoms with E-state index in [1.807, 2.05) is 0 Å².